The van der Waals surface area contributed by atoms with Crippen LogP contribution in [0, 0.1) is 0 Å². The molecule has 0 spiro atoms. The number of hydrogen-bond acceptors (Lipinski definition) is 4. The summed E-state index contributed by atoms with van der Waals surface area (Å²) >= 11 is 0. The number of Topliss-reactive ketones (excluding diaryl/α,β-unsaturated/α-hetero) is 1. The van der Waals surface area contributed by atoms with Gasteiger partial charge in [0.25, 0.3) is 0 Å². The lowest BCUT2D eigenvalue weighted by Gasteiger charge is -2.05. The van der Waals surface area contributed by atoms with Crippen LogP contribution in [0.4, 0.5) is 0 Å². The van der Waals surface area contributed by atoms with Gasteiger partial charge in [0, 0.05) is 6.42 Å². The molecule has 0 heterocycles. The van der Waals surface area contributed by atoms with Crippen molar-refractivity contribution < 1.29 is 19.4 Å². The molecule has 0 aromatic rings. The van der Waals surface area contributed by atoms with Gasteiger partial charge >= 0.3 is 0 Å². The van der Waals surface area contributed by atoms with E-state index in [4.69, 9.17) is 9.47 Å². The summed E-state index contributed by atoms with van der Waals surface area (Å²) in [4.78, 5) is 11.0. The Morgan fingerprint density at radius 2 is 2.09 bits per heavy atom. The second-order valence-electron chi connectivity index (χ2n) is 2.24. The molecule has 0 saturated heterocycles. The second kappa shape index (κ2) is 2.92. The van der Waals surface area contributed by atoms with Crippen LogP contribution in [0.2, 0.25) is 0 Å². The van der Waals surface area contributed by atoms with Crippen LogP contribution in [0.1, 0.15) is 6.42 Å². The van der Waals surface area contributed by atoms with Crippen LogP contribution in [-0.2, 0) is 14.3 Å². The molecule has 1 rings (SSSR count). The number of ketones is 1. The van der Waals surface area contributed by atoms with Crippen molar-refractivity contribution >= 4 is 5.78 Å². The van der Waals surface area contributed by atoms with Crippen LogP contribution in [0.15, 0.2) is 11.5 Å². The summed E-state index contributed by atoms with van der Waals surface area (Å²) in [5.74, 6) is 0.161. The maximum Gasteiger partial charge on any atom is 0.204 e. The molecule has 4 heteroatoms. The summed E-state index contributed by atoms with van der Waals surface area (Å²) in [7, 11) is 2.78. The Hall–Kier alpha value is -1.03. The minimum Gasteiger partial charge on any atom is -0.494 e. The summed E-state index contributed by atoms with van der Waals surface area (Å²) in [6.45, 7) is 0. The largest absolute Gasteiger partial charge is 0.494 e. The molecule has 0 bridgehead atoms. The molecule has 1 atom stereocenters. The lowest BCUT2D eigenvalue weighted by Crippen LogP contribution is -2.07. The average Bonchev–Trinajstić information content (AvgIpc) is 2.24. The highest BCUT2D eigenvalue weighted by molar-refractivity contribution is 5.97. The third-order valence-electron chi connectivity index (χ3n) is 1.58. The van der Waals surface area contributed by atoms with Crippen LogP contribution < -0.4 is 0 Å². The van der Waals surface area contributed by atoms with Crippen molar-refractivity contribution in [1.29, 1.82) is 0 Å². The summed E-state index contributed by atoms with van der Waals surface area (Å²) in [5, 5.41) is 9.18. The Morgan fingerprint density at radius 3 is 2.45 bits per heavy atom. The topological polar surface area (TPSA) is 55.8 Å². The Morgan fingerprint density at radius 1 is 1.45 bits per heavy atom. The third kappa shape index (κ3) is 1.21. The van der Waals surface area contributed by atoms with Gasteiger partial charge in [-0.15, -0.1) is 0 Å². The van der Waals surface area contributed by atoms with Gasteiger partial charge in [-0.25, -0.2) is 0 Å². The summed E-state index contributed by atoms with van der Waals surface area (Å²) in [6.07, 6.45) is -0.769. The van der Waals surface area contributed by atoms with E-state index in [-0.39, 0.29) is 23.7 Å². The molecule has 1 aliphatic rings. The number of allylic oxidation sites excluding steroid dienone is 1. The van der Waals surface area contributed by atoms with Gasteiger partial charge in [-0.1, -0.05) is 0 Å². The fourth-order valence-corrected chi connectivity index (χ4v) is 1.09. The summed E-state index contributed by atoms with van der Waals surface area (Å²) in [5.41, 5.74) is 0. The normalized spacial score (nSPS) is 24.3. The van der Waals surface area contributed by atoms with E-state index >= 15 is 0 Å². The Balaban J connectivity index is 2.92. The Bertz CT molecular complexity index is 206. The van der Waals surface area contributed by atoms with Crippen molar-refractivity contribution in [2.75, 3.05) is 14.2 Å². The van der Waals surface area contributed by atoms with E-state index < -0.39 is 6.10 Å². The fraction of sp³-hybridized carbons (Fsp3) is 0.571. The fourth-order valence-electron chi connectivity index (χ4n) is 1.09. The van der Waals surface area contributed by atoms with Crippen LogP contribution in [0.25, 0.3) is 0 Å². The van der Waals surface area contributed by atoms with Gasteiger partial charge in [0.1, 0.15) is 6.10 Å². The van der Waals surface area contributed by atoms with Gasteiger partial charge < -0.3 is 14.6 Å². The number of carbonyl (C=O) groups is 1. The van der Waals surface area contributed by atoms with E-state index in [1.807, 2.05) is 0 Å². The van der Waals surface area contributed by atoms with Crippen molar-refractivity contribution in [3.05, 3.63) is 11.5 Å². The average molecular weight is 158 g/mol. The first-order valence-electron chi connectivity index (χ1n) is 3.24. The van der Waals surface area contributed by atoms with Crippen molar-refractivity contribution in [3.8, 4) is 0 Å². The minimum atomic E-state index is -0.831. The molecule has 1 N–H and O–H groups in total. The van der Waals surface area contributed by atoms with E-state index in [1.165, 1.54) is 14.2 Å². The van der Waals surface area contributed by atoms with E-state index in [9.17, 15) is 9.90 Å². The van der Waals surface area contributed by atoms with Crippen LogP contribution in [0.5, 0.6) is 0 Å². The van der Waals surface area contributed by atoms with Gasteiger partial charge in [-0.3, -0.25) is 4.79 Å². The quantitative estimate of drug-likeness (QED) is 0.606. The van der Waals surface area contributed by atoms with Crippen LogP contribution >= 0.6 is 0 Å². The zero-order chi connectivity index (χ0) is 8.43. The molecule has 62 valence electrons. The zero-order valence-electron chi connectivity index (χ0n) is 6.46. The lowest BCUT2D eigenvalue weighted by atomic mass is 10.3. The maximum absolute atomic E-state index is 11.0. The summed E-state index contributed by atoms with van der Waals surface area (Å²) in [6, 6.07) is 0. The smallest absolute Gasteiger partial charge is 0.204 e. The molecule has 11 heavy (non-hydrogen) atoms. The standard InChI is InChI=1S/C7H10O4/c1-10-6-4(8)3-5(9)7(6)11-2/h4,8H,3H2,1-2H3. The van der Waals surface area contributed by atoms with E-state index in [0.29, 0.717) is 0 Å². The Kier molecular flexibility index (Phi) is 2.14. The van der Waals surface area contributed by atoms with E-state index in [2.05, 4.69) is 0 Å². The molecule has 0 saturated carbocycles. The number of rotatable bonds is 2. The van der Waals surface area contributed by atoms with Crippen molar-refractivity contribution in [2.24, 2.45) is 0 Å². The molecular weight excluding hydrogens is 148 g/mol. The number of aliphatic hydroxyl groups is 1. The molecule has 1 unspecified atom stereocenters. The number of hydrogen-bond donors (Lipinski definition) is 1. The first-order chi connectivity index (χ1) is 5.20. The lowest BCUT2D eigenvalue weighted by molar-refractivity contribution is -0.118. The van der Waals surface area contributed by atoms with Gasteiger partial charge in [0.2, 0.25) is 11.5 Å². The van der Waals surface area contributed by atoms with E-state index in [1.54, 1.807) is 0 Å². The number of carbonyl (C=O) groups excluding carboxylic acids is 1. The number of aliphatic hydroxyl groups excluding tert-OH is 1. The van der Waals surface area contributed by atoms with Gasteiger partial charge in [0.15, 0.2) is 5.76 Å². The predicted molar refractivity (Wildman–Crippen MR) is 36.7 cm³/mol. The van der Waals surface area contributed by atoms with Crippen LogP contribution in [0.3, 0.4) is 0 Å². The summed E-state index contributed by atoms with van der Waals surface area (Å²) < 4.78 is 9.52. The van der Waals surface area contributed by atoms with Crippen molar-refractivity contribution in [2.45, 2.75) is 12.5 Å². The van der Waals surface area contributed by atoms with Crippen molar-refractivity contribution in [3.63, 3.8) is 0 Å². The first-order valence-corrected chi connectivity index (χ1v) is 3.24. The first kappa shape index (κ1) is 8.07. The molecular formula is C7H10O4. The molecule has 0 amide bonds. The molecule has 0 aliphatic heterocycles. The third-order valence-corrected chi connectivity index (χ3v) is 1.58. The highest BCUT2D eigenvalue weighted by Crippen LogP contribution is 2.23. The van der Waals surface area contributed by atoms with Gasteiger partial charge in [0.05, 0.1) is 14.2 Å². The molecule has 0 fully saturated rings. The number of methoxy groups -OCH3 is 2. The molecule has 0 aromatic heterocycles. The highest BCUT2D eigenvalue weighted by atomic mass is 16.5. The minimum absolute atomic E-state index is 0.0619. The van der Waals surface area contributed by atoms with Gasteiger partial charge in [-0.2, -0.15) is 0 Å². The highest BCUT2D eigenvalue weighted by Gasteiger charge is 2.33. The van der Waals surface area contributed by atoms with Crippen molar-refractivity contribution in [1.82, 2.24) is 0 Å². The SMILES string of the molecule is COC1=C(OC)C(O)CC1=O. The van der Waals surface area contributed by atoms with Crippen LogP contribution in [-0.4, -0.2) is 31.2 Å². The van der Waals surface area contributed by atoms with E-state index in [0.717, 1.165) is 0 Å². The molecule has 0 radical (unpaired) electrons. The second-order valence-corrected chi connectivity index (χ2v) is 2.24. The predicted octanol–water partition coefficient (Wildman–Crippen LogP) is -0.175. The van der Waals surface area contributed by atoms with Gasteiger partial charge in [-0.05, 0) is 0 Å². The monoisotopic (exact) mass is 158 g/mol. The molecule has 1 aliphatic carbocycles. The molecule has 4 nitrogen and oxygen atoms in total. The zero-order valence-corrected chi connectivity index (χ0v) is 6.46. The molecule has 0 aromatic carbocycles. The Labute approximate surface area is 64.4 Å². The number of ether oxygens (including phenoxy) is 2. The maximum atomic E-state index is 11.0.